The molecule has 4 rings (SSSR count). The number of nitrogen functional groups attached to an aromatic ring is 1. The van der Waals surface area contributed by atoms with Crippen LogP contribution in [0.4, 0.5) is 28.4 Å². The second-order valence-corrected chi connectivity index (χ2v) is 12.5. The zero-order valence-electron chi connectivity index (χ0n) is 27.3. The van der Waals surface area contributed by atoms with Crippen LogP contribution < -0.4 is 35.3 Å². The third kappa shape index (κ3) is 11.1. The molecular formula is C29H17Cl7N7NaO8. The Balaban J connectivity index is 0.000000824. The van der Waals surface area contributed by atoms with Crippen molar-refractivity contribution in [1.82, 2.24) is 0 Å². The Labute approximate surface area is 351 Å². The van der Waals surface area contributed by atoms with Gasteiger partial charge in [0.2, 0.25) is 0 Å². The zero-order valence-corrected chi connectivity index (χ0v) is 33.6. The largest absolute Gasteiger partial charge is 1.00 e. The summed E-state index contributed by atoms with van der Waals surface area (Å²) in [6.07, 6.45) is -0.0985. The Kier molecular flexibility index (Phi) is 17.8. The average molecular weight is 863 g/mol. The molecule has 23 heteroatoms. The molecule has 4 aromatic carbocycles. The van der Waals surface area contributed by atoms with Gasteiger partial charge in [-0.25, -0.2) is 0 Å². The summed E-state index contributed by atoms with van der Waals surface area (Å²) in [4.78, 5) is 40.3. The van der Waals surface area contributed by atoms with Crippen LogP contribution in [0, 0.1) is 77.0 Å². The molecule has 4 aromatic rings. The minimum absolute atomic E-state index is 0. The molecule has 0 aromatic heterocycles. The van der Waals surface area contributed by atoms with E-state index in [1.165, 1.54) is 38.1 Å². The topological polar surface area (TPSA) is 246 Å². The van der Waals surface area contributed by atoms with Gasteiger partial charge in [-0.1, -0.05) is 81.2 Å². The predicted molar refractivity (Wildman–Crippen MR) is 195 cm³/mol. The van der Waals surface area contributed by atoms with Crippen LogP contribution in [0.5, 0.6) is 0 Å². The van der Waals surface area contributed by atoms with Crippen molar-refractivity contribution < 1.29 is 50.7 Å². The number of nitrogens with zero attached hydrogens (tertiary/aromatic N) is 6. The number of nitriles is 2. The van der Waals surface area contributed by atoms with Gasteiger partial charge in [-0.15, -0.1) is 0 Å². The van der Waals surface area contributed by atoms with Crippen molar-refractivity contribution in [1.29, 1.82) is 10.5 Å². The number of hydrogen-bond donors (Lipinski definition) is 1. The molecule has 0 unspecified atom stereocenters. The quantitative estimate of drug-likeness (QED) is 0.0844. The second-order valence-electron chi connectivity index (χ2n) is 9.69. The number of rotatable bonds is 6. The van der Waals surface area contributed by atoms with Crippen molar-refractivity contribution in [3.63, 3.8) is 0 Å². The number of nitro groups is 4. The van der Waals surface area contributed by atoms with Crippen molar-refractivity contribution in [2.75, 3.05) is 5.73 Å². The molecule has 0 fully saturated rings. The van der Waals surface area contributed by atoms with E-state index in [0.29, 0.717) is 21.2 Å². The summed E-state index contributed by atoms with van der Waals surface area (Å²) in [7, 11) is 0. The predicted octanol–water partition coefficient (Wildman–Crippen LogP) is 7.92. The van der Waals surface area contributed by atoms with Crippen LogP contribution in [0.1, 0.15) is 34.8 Å². The smallest absolute Gasteiger partial charge is 1.00 e. The molecule has 0 radical (unpaired) electrons. The van der Waals surface area contributed by atoms with Crippen LogP contribution in [0.2, 0.25) is 35.2 Å². The molecule has 15 nitrogen and oxygen atoms in total. The van der Waals surface area contributed by atoms with Crippen LogP contribution in [-0.2, 0) is 6.42 Å². The Hall–Kier alpha value is -3.71. The second kappa shape index (κ2) is 19.9. The van der Waals surface area contributed by atoms with Gasteiger partial charge in [0.25, 0.3) is 22.7 Å². The first-order chi connectivity index (χ1) is 23.7. The fourth-order valence-electron chi connectivity index (χ4n) is 4.06. The third-order valence-electron chi connectivity index (χ3n) is 6.61. The molecule has 52 heavy (non-hydrogen) atoms. The summed E-state index contributed by atoms with van der Waals surface area (Å²) in [5.41, 5.74) is 4.88. The molecule has 0 spiro atoms. The SMILES string of the molecule is Cc1c(Cl)c([N+](=O)[O-])cc([N+](=O)[O-])c1Cc1c(Cl)cc(Cl)cc1C#N.Cc1c(Cl)c([N+](=O)[O-])cc([N+](=O)[O-])c1Cl.N#Cc1cc(Cl)cc(Cl)c1N.[H-].[Na+]. The van der Waals surface area contributed by atoms with E-state index in [1.807, 2.05) is 12.1 Å². The normalized spacial score (nSPS) is 9.83. The standard InChI is InChI=1S/C15H8Cl3N3O4.C7H4Cl2N2O4.C7H4Cl2N2.Na.H/c1-7-10(4-11-8(6-19)2-9(16)3-12(11)17)13(20(22)23)5-14(15(7)18)21(24)25;1-3-6(8)4(10(12)13)2-5(7(3)9)11(14)15;8-5-1-4(3-10)7(11)6(9)2-5;;/h2-3,5H,4H2,1H3;2H,1H3;1-2H,11H2;;/q;;;+1;-1. The summed E-state index contributed by atoms with van der Waals surface area (Å²) in [5, 5.41) is 61.8. The van der Waals surface area contributed by atoms with E-state index in [1.54, 1.807) is 0 Å². The van der Waals surface area contributed by atoms with E-state index < -0.39 is 42.4 Å². The Morgan fingerprint density at radius 3 is 1.37 bits per heavy atom. The van der Waals surface area contributed by atoms with Crippen LogP contribution in [-0.4, -0.2) is 19.7 Å². The van der Waals surface area contributed by atoms with Crippen molar-refractivity contribution >= 4 is 110 Å². The third-order valence-corrected chi connectivity index (χ3v) is 9.12. The van der Waals surface area contributed by atoms with Crippen LogP contribution >= 0.6 is 81.2 Å². The Morgan fingerprint density at radius 2 is 0.962 bits per heavy atom. The van der Waals surface area contributed by atoms with Gasteiger partial charge in [-0.05, 0) is 49.2 Å². The van der Waals surface area contributed by atoms with Gasteiger partial charge in [-0.2, -0.15) is 10.5 Å². The molecule has 0 aliphatic rings. The van der Waals surface area contributed by atoms with Crippen molar-refractivity contribution in [3.05, 3.63) is 145 Å². The molecular weight excluding hydrogens is 846 g/mol. The molecule has 2 N–H and O–H groups in total. The molecule has 0 heterocycles. The number of hydrogen-bond acceptors (Lipinski definition) is 11. The summed E-state index contributed by atoms with van der Waals surface area (Å²) in [6, 6.07) is 11.1. The number of nitro benzene ring substituents is 4. The van der Waals surface area contributed by atoms with E-state index >= 15 is 0 Å². The minimum atomic E-state index is -0.793. The van der Waals surface area contributed by atoms with Crippen molar-refractivity contribution in [3.8, 4) is 12.1 Å². The zero-order chi connectivity index (χ0) is 39.1. The summed E-state index contributed by atoms with van der Waals surface area (Å²) >= 11 is 40.5. The molecule has 0 saturated heterocycles. The fraction of sp³-hybridized carbons (Fsp3) is 0.103. The molecule has 266 valence electrons. The first kappa shape index (κ1) is 46.3. The van der Waals surface area contributed by atoms with Crippen LogP contribution in [0.15, 0.2) is 36.4 Å². The fourth-order valence-corrected chi connectivity index (χ4v) is 5.83. The number of anilines is 1. The number of halogens is 7. The van der Waals surface area contributed by atoms with Gasteiger partial charge in [0.15, 0.2) is 0 Å². The van der Waals surface area contributed by atoms with E-state index in [0.717, 1.165) is 12.1 Å². The number of benzene rings is 4. The van der Waals surface area contributed by atoms with E-state index in [9.17, 15) is 45.7 Å². The van der Waals surface area contributed by atoms with Gasteiger partial charge < -0.3 is 7.16 Å². The summed E-state index contributed by atoms with van der Waals surface area (Å²) in [6.45, 7) is 2.82. The maximum atomic E-state index is 11.4. The molecule has 0 aliphatic carbocycles. The Morgan fingerprint density at radius 1 is 0.596 bits per heavy atom. The van der Waals surface area contributed by atoms with E-state index in [-0.39, 0.29) is 90.5 Å². The molecule has 0 saturated carbocycles. The van der Waals surface area contributed by atoms with Crippen molar-refractivity contribution in [2.24, 2.45) is 0 Å². The van der Waals surface area contributed by atoms with Crippen LogP contribution in [0.25, 0.3) is 0 Å². The van der Waals surface area contributed by atoms with Gasteiger partial charge in [-0.3, -0.25) is 40.5 Å². The van der Waals surface area contributed by atoms with Gasteiger partial charge in [0.05, 0.1) is 59.7 Å². The van der Waals surface area contributed by atoms with Gasteiger partial charge >= 0.3 is 29.6 Å². The first-order valence-electron chi connectivity index (χ1n) is 13.1. The monoisotopic (exact) mass is 859 g/mol. The molecule has 0 amide bonds. The maximum absolute atomic E-state index is 11.4. The van der Waals surface area contributed by atoms with Crippen molar-refractivity contribution in [2.45, 2.75) is 20.3 Å². The summed E-state index contributed by atoms with van der Waals surface area (Å²) < 4.78 is 0. The first-order valence-corrected chi connectivity index (χ1v) is 15.7. The van der Waals surface area contributed by atoms with E-state index in [2.05, 4.69) is 0 Å². The van der Waals surface area contributed by atoms with Gasteiger partial charge in [0, 0.05) is 32.6 Å². The molecule has 0 bridgehead atoms. The average Bonchev–Trinajstić information content (AvgIpc) is 3.04. The van der Waals surface area contributed by atoms with Crippen LogP contribution in [0.3, 0.4) is 0 Å². The maximum Gasteiger partial charge on any atom is 1.00 e. The van der Waals surface area contributed by atoms with E-state index in [4.69, 9.17) is 92.2 Å². The Bertz CT molecular complexity index is 2180. The number of nitrogens with two attached hydrogens (primary N) is 1. The summed E-state index contributed by atoms with van der Waals surface area (Å²) in [5.74, 6) is 0. The molecule has 0 aliphatic heterocycles. The minimum Gasteiger partial charge on any atom is -1.00 e. The molecule has 0 atom stereocenters. The van der Waals surface area contributed by atoms with Gasteiger partial charge in [0.1, 0.15) is 21.1 Å².